The van der Waals surface area contributed by atoms with Gasteiger partial charge in [0.15, 0.2) is 5.90 Å². The lowest BCUT2D eigenvalue weighted by Gasteiger charge is -2.22. The van der Waals surface area contributed by atoms with Crippen LogP contribution in [0.3, 0.4) is 0 Å². The third kappa shape index (κ3) is 5.95. The van der Waals surface area contributed by atoms with Crippen LogP contribution >= 0.6 is 12.4 Å². The summed E-state index contributed by atoms with van der Waals surface area (Å²) in [7, 11) is 0. The number of halogens is 1. The average Bonchev–Trinajstić information content (AvgIpc) is 2.19. The third-order valence-corrected chi connectivity index (χ3v) is 2.47. The molecule has 0 amide bonds. The van der Waals surface area contributed by atoms with Crippen molar-refractivity contribution in [3.05, 3.63) is 0 Å². The van der Waals surface area contributed by atoms with E-state index in [4.69, 9.17) is 14.9 Å². The molecule has 0 spiro atoms. The lowest BCUT2D eigenvalue weighted by Crippen LogP contribution is -2.22. The summed E-state index contributed by atoms with van der Waals surface area (Å²) in [5.41, 5.74) is 0. The zero-order chi connectivity index (χ0) is 11.1. The van der Waals surface area contributed by atoms with E-state index < -0.39 is 0 Å². The molecule has 1 N–H and O–H groups in total. The SMILES string of the molecule is CCOC(=O)CC(=N)OC1CCCCC1.Cl. The van der Waals surface area contributed by atoms with E-state index in [1.807, 2.05) is 0 Å². The first-order valence-corrected chi connectivity index (χ1v) is 5.62. The number of ether oxygens (including phenoxy) is 2. The quantitative estimate of drug-likeness (QED) is 0.473. The highest BCUT2D eigenvalue weighted by Crippen LogP contribution is 2.20. The van der Waals surface area contributed by atoms with Crippen molar-refractivity contribution in [2.24, 2.45) is 0 Å². The summed E-state index contributed by atoms with van der Waals surface area (Å²) >= 11 is 0. The Morgan fingerprint density at radius 2 is 1.94 bits per heavy atom. The highest BCUT2D eigenvalue weighted by Gasteiger charge is 2.17. The Morgan fingerprint density at radius 1 is 1.31 bits per heavy atom. The molecular formula is C11H20ClNO3. The first-order valence-electron chi connectivity index (χ1n) is 5.62. The summed E-state index contributed by atoms with van der Waals surface area (Å²) in [5, 5.41) is 7.51. The van der Waals surface area contributed by atoms with Gasteiger partial charge >= 0.3 is 5.97 Å². The molecule has 0 radical (unpaired) electrons. The molecule has 0 aliphatic heterocycles. The van der Waals surface area contributed by atoms with Crippen LogP contribution in [0.4, 0.5) is 0 Å². The predicted molar refractivity (Wildman–Crippen MR) is 64.2 cm³/mol. The highest BCUT2D eigenvalue weighted by atomic mass is 35.5. The topological polar surface area (TPSA) is 59.4 Å². The van der Waals surface area contributed by atoms with Gasteiger partial charge in [-0.2, -0.15) is 0 Å². The van der Waals surface area contributed by atoms with Crippen LogP contribution in [0.2, 0.25) is 0 Å². The summed E-state index contributed by atoms with van der Waals surface area (Å²) in [5.74, 6) is -0.335. The van der Waals surface area contributed by atoms with E-state index in [9.17, 15) is 4.79 Å². The fourth-order valence-electron chi connectivity index (χ4n) is 1.77. The monoisotopic (exact) mass is 249 g/mol. The van der Waals surface area contributed by atoms with Crippen LogP contribution in [0.15, 0.2) is 0 Å². The smallest absolute Gasteiger partial charge is 0.315 e. The predicted octanol–water partition coefficient (Wildman–Crippen LogP) is 2.69. The van der Waals surface area contributed by atoms with Gasteiger partial charge in [-0.1, -0.05) is 6.42 Å². The summed E-state index contributed by atoms with van der Waals surface area (Å²) in [4.78, 5) is 11.1. The average molecular weight is 250 g/mol. The molecule has 94 valence electrons. The van der Waals surface area contributed by atoms with Crippen LogP contribution in [0, 0.1) is 5.41 Å². The van der Waals surface area contributed by atoms with Gasteiger partial charge in [0.2, 0.25) is 0 Å². The van der Waals surface area contributed by atoms with Gasteiger partial charge in [0.05, 0.1) is 6.61 Å². The minimum Gasteiger partial charge on any atom is -0.477 e. The van der Waals surface area contributed by atoms with E-state index in [-0.39, 0.29) is 36.8 Å². The minimum absolute atomic E-state index is 0. The fraction of sp³-hybridized carbons (Fsp3) is 0.818. The van der Waals surface area contributed by atoms with Crippen molar-refractivity contribution in [1.82, 2.24) is 0 Å². The van der Waals surface area contributed by atoms with E-state index in [1.165, 1.54) is 6.42 Å². The molecule has 0 unspecified atom stereocenters. The maximum Gasteiger partial charge on any atom is 0.315 e. The second-order valence-electron chi connectivity index (χ2n) is 3.78. The number of nitrogens with one attached hydrogen (secondary N) is 1. The van der Waals surface area contributed by atoms with Crippen LogP contribution in [0.25, 0.3) is 0 Å². The fourth-order valence-corrected chi connectivity index (χ4v) is 1.77. The summed E-state index contributed by atoms with van der Waals surface area (Å²) in [6.07, 6.45) is 5.70. The lowest BCUT2D eigenvalue weighted by atomic mass is 9.98. The maximum absolute atomic E-state index is 11.1. The normalized spacial score (nSPS) is 16.1. The van der Waals surface area contributed by atoms with Crippen molar-refractivity contribution in [3.8, 4) is 0 Å². The first-order chi connectivity index (χ1) is 7.22. The van der Waals surface area contributed by atoms with Crippen LogP contribution in [-0.2, 0) is 14.3 Å². The van der Waals surface area contributed by atoms with Crippen molar-refractivity contribution in [2.75, 3.05) is 6.61 Å². The molecule has 4 nitrogen and oxygen atoms in total. The van der Waals surface area contributed by atoms with Gasteiger partial charge in [0.25, 0.3) is 0 Å². The number of carbonyl (C=O) groups is 1. The Morgan fingerprint density at radius 3 is 2.50 bits per heavy atom. The molecule has 0 aromatic carbocycles. The molecule has 16 heavy (non-hydrogen) atoms. The summed E-state index contributed by atoms with van der Waals surface area (Å²) < 4.78 is 10.1. The molecule has 0 bridgehead atoms. The number of hydrogen-bond acceptors (Lipinski definition) is 4. The van der Waals surface area contributed by atoms with Crippen LogP contribution < -0.4 is 0 Å². The Kier molecular flexibility index (Phi) is 7.99. The van der Waals surface area contributed by atoms with Gasteiger partial charge in [-0.05, 0) is 32.6 Å². The van der Waals surface area contributed by atoms with E-state index >= 15 is 0 Å². The van der Waals surface area contributed by atoms with Crippen molar-refractivity contribution in [2.45, 2.75) is 51.6 Å². The van der Waals surface area contributed by atoms with Crippen molar-refractivity contribution in [1.29, 1.82) is 5.41 Å². The number of esters is 1. The van der Waals surface area contributed by atoms with Gasteiger partial charge in [-0.15, -0.1) is 12.4 Å². The van der Waals surface area contributed by atoms with Gasteiger partial charge in [0, 0.05) is 0 Å². The van der Waals surface area contributed by atoms with Crippen molar-refractivity contribution < 1.29 is 14.3 Å². The van der Waals surface area contributed by atoms with E-state index in [1.54, 1.807) is 6.92 Å². The van der Waals surface area contributed by atoms with E-state index in [2.05, 4.69) is 0 Å². The molecule has 1 rings (SSSR count). The molecule has 0 atom stereocenters. The van der Waals surface area contributed by atoms with Gasteiger partial charge in [-0.3, -0.25) is 10.2 Å². The number of hydrogen-bond donors (Lipinski definition) is 1. The molecular weight excluding hydrogens is 230 g/mol. The van der Waals surface area contributed by atoms with E-state index in [0.717, 1.165) is 25.7 Å². The number of rotatable bonds is 4. The second-order valence-corrected chi connectivity index (χ2v) is 3.78. The van der Waals surface area contributed by atoms with Gasteiger partial charge in [0.1, 0.15) is 12.5 Å². The Labute approximate surface area is 103 Å². The van der Waals surface area contributed by atoms with Crippen molar-refractivity contribution in [3.63, 3.8) is 0 Å². The van der Waals surface area contributed by atoms with Crippen LogP contribution in [0.5, 0.6) is 0 Å². The Hall–Kier alpha value is -0.770. The molecule has 0 heterocycles. The molecule has 5 heteroatoms. The van der Waals surface area contributed by atoms with Crippen LogP contribution in [0.1, 0.15) is 45.4 Å². The summed E-state index contributed by atoms with van der Waals surface area (Å²) in [6, 6.07) is 0. The Bertz CT molecular complexity index is 227. The van der Waals surface area contributed by atoms with Crippen molar-refractivity contribution >= 4 is 24.3 Å². The first kappa shape index (κ1) is 15.2. The van der Waals surface area contributed by atoms with Gasteiger partial charge in [-0.25, -0.2) is 0 Å². The van der Waals surface area contributed by atoms with E-state index in [0.29, 0.717) is 6.61 Å². The molecule has 1 aliphatic carbocycles. The second kappa shape index (κ2) is 8.39. The zero-order valence-corrected chi connectivity index (χ0v) is 10.5. The molecule has 1 aliphatic rings. The van der Waals surface area contributed by atoms with Crippen LogP contribution in [-0.4, -0.2) is 24.6 Å². The molecule has 1 saturated carbocycles. The summed E-state index contributed by atoms with van der Waals surface area (Å²) in [6.45, 7) is 2.11. The molecule has 0 aromatic rings. The molecule has 0 saturated heterocycles. The minimum atomic E-state index is -0.377. The highest BCUT2D eigenvalue weighted by molar-refractivity contribution is 5.92. The maximum atomic E-state index is 11.1. The molecule has 1 fully saturated rings. The standard InChI is InChI=1S/C11H19NO3.ClH/c1-2-14-11(13)8-10(12)15-9-6-4-3-5-7-9;/h9,12H,2-8H2,1H3;1H. The number of carbonyl (C=O) groups excluding carboxylic acids is 1. The largest absolute Gasteiger partial charge is 0.477 e. The Balaban J connectivity index is 0.00000225. The zero-order valence-electron chi connectivity index (χ0n) is 9.66. The lowest BCUT2D eigenvalue weighted by molar-refractivity contribution is -0.141. The molecule has 0 aromatic heterocycles. The third-order valence-electron chi connectivity index (χ3n) is 2.47. The van der Waals surface area contributed by atoms with Gasteiger partial charge < -0.3 is 9.47 Å².